The molecule has 0 aliphatic carbocycles. The summed E-state index contributed by atoms with van der Waals surface area (Å²) in [6.07, 6.45) is 0. The van der Waals surface area contributed by atoms with Gasteiger partial charge in [0, 0.05) is 17.3 Å². The third kappa shape index (κ3) is 2.44. The minimum absolute atomic E-state index is 0.0385. The zero-order chi connectivity index (χ0) is 15.1. The molecular formula is C15H23NO3S. The van der Waals surface area contributed by atoms with E-state index in [0.29, 0.717) is 23.7 Å². The number of carbonyl (C=O) groups is 1. The molecule has 1 aromatic rings. The van der Waals surface area contributed by atoms with E-state index in [2.05, 4.69) is 0 Å². The molecule has 2 rings (SSSR count). The van der Waals surface area contributed by atoms with E-state index in [4.69, 9.17) is 4.74 Å². The topological polar surface area (TPSA) is 49.8 Å². The van der Waals surface area contributed by atoms with Crippen LogP contribution in [0.25, 0.3) is 0 Å². The van der Waals surface area contributed by atoms with E-state index in [1.807, 2.05) is 33.8 Å². The smallest absolute Gasteiger partial charge is 0.267 e. The largest absolute Gasteiger partial charge is 0.495 e. The summed E-state index contributed by atoms with van der Waals surface area (Å²) in [6.45, 7) is 8.95. The Balaban J connectivity index is 2.23. The Bertz CT molecular complexity index is 511. The van der Waals surface area contributed by atoms with Gasteiger partial charge in [0.2, 0.25) is 0 Å². The van der Waals surface area contributed by atoms with Crippen molar-refractivity contribution in [2.45, 2.75) is 33.3 Å². The zero-order valence-corrected chi connectivity index (χ0v) is 13.6. The molecule has 0 saturated carbocycles. The summed E-state index contributed by atoms with van der Waals surface area (Å²) in [5.74, 6) is 0.800. The van der Waals surface area contributed by atoms with E-state index in [0.717, 1.165) is 4.88 Å². The van der Waals surface area contributed by atoms with Gasteiger partial charge in [-0.25, -0.2) is 0 Å². The van der Waals surface area contributed by atoms with Crippen LogP contribution in [-0.2, 0) is 0 Å². The number of amides is 1. The summed E-state index contributed by atoms with van der Waals surface area (Å²) in [7, 11) is 1.58. The van der Waals surface area contributed by atoms with Crippen molar-refractivity contribution in [2.75, 3.05) is 20.2 Å². The van der Waals surface area contributed by atoms with E-state index in [1.165, 1.54) is 11.3 Å². The van der Waals surface area contributed by atoms with Crippen LogP contribution in [0.4, 0.5) is 0 Å². The number of nitrogens with zero attached hydrogens (tertiary/aromatic N) is 1. The van der Waals surface area contributed by atoms with Gasteiger partial charge in [-0.3, -0.25) is 4.79 Å². The van der Waals surface area contributed by atoms with Crippen molar-refractivity contribution in [3.63, 3.8) is 0 Å². The second-order valence-electron chi connectivity index (χ2n) is 5.99. The number of likely N-dealkylation sites (tertiary alicyclic amines) is 1. The molecule has 1 N–H and O–H groups in total. The van der Waals surface area contributed by atoms with Crippen LogP contribution in [0.2, 0.25) is 0 Å². The molecule has 1 fully saturated rings. The number of β-amino-alcohol motifs (C(OH)–C–C–N with tert-alkyl or cyclic N) is 1. The van der Waals surface area contributed by atoms with Crippen LogP contribution in [0.15, 0.2) is 6.07 Å². The monoisotopic (exact) mass is 297 g/mol. The second kappa shape index (κ2) is 5.37. The maximum atomic E-state index is 12.6. The average Bonchev–Trinajstić information content (AvgIpc) is 2.91. The minimum Gasteiger partial charge on any atom is -0.495 e. The van der Waals surface area contributed by atoms with Crippen LogP contribution in [0.5, 0.6) is 5.75 Å². The molecule has 1 aliphatic heterocycles. The zero-order valence-electron chi connectivity index (χ0n) is 12.8. The molecule has 1 amide bonds. The first kappa shape index (κ1) is 15.3. The lowest BCUT2D eigenvalue weighted by atomic mass is 9.82. The summed E-state index contributed by atoms with van der Waals surface area (Å²) >= 11 is 1.45. The van der Waals surface area contributed by atoms with Crippen LogP contribution in [0.3, 0.4) is 0 Å². The summed E-state index contributed by atoms with van der Waals surface area (Å²) in [5, 5.41) is 10.7. The van der Waals surface area contributed by atoms with Crippen molar-refractivity contribution >= 4 is 17.2 Å². The molecule has 1 saturated heterocycles. The van der Waals surface area contributed by atoms with E-state index in [-0.39, 0.29) is 17.7 Å². The molecule has 2 heterocycles. The van der Waals surface area contributed by atoms with Crippen molar-refractivity contribution in [2.24, 2.45) is 11.8 Å². The molecule has 1 aromatic heterocycles. The van der Waals surface area contributed by atoms with Gasteiger partial charge in [-0.1, -0.05) is 20.8 Å². The molecule has 1 aliphatic rings. The van der Waals surface area contributed by atoms with Gasteiger partial charge in [-0.05, 0) is 18.9 Å². The Labute approximate surface area is 124 Å². The lowest BCUT2D eigenvalue weighted by molar-refractivity contribution is -0.0243. The van der Waals surface area contributed by atoms with E-state index in [9.17, 15) is 9.90 Å². The first-order valence-corrected chi connectivity index (χ1v) is 7.77. The molecule has 0 unspecified atom stereocenters. The Morgan fingerprint density at radius 3 is 2.75 bits per heavy atom. The highest BCUT2D eigenvalue weighted by Crippen LogP contribution is 2.37. The number of hydrogen-bond acceptors (Lipinski definition) is 4. The number of aryl methyl sites for hydroxylation is 1. The van der Waals surface area contributed by atoms with Crippen LogP contribution in [0, 0.1) is 18.8 Å². The van der Waals surface area contributed by atoms with Gasteiger partial charge in [0.05, 0.1) is 19.3 Å². The van der Waals surface area contributed by atoms with Gasteiger partial charge in [0.15, 0.2) is 0 Å². The predicted molar refractivity (Wildman–Crippen MR) is 80.5 cm³/mol. The fourth-order valence-electron chi connectivity index (χ4n) is 2.86. The Morgan fingerprint density at radius 1 is 1.60 bits per heavy atom. The van der Waals surface area contributed by atoms with Crippen molar-refractivity contribution < 1.29 is 14.6 Å². The molecule has 0 aromatic carbocycles. The predicted octanol–water partition coefficient (Wildman–Crippen LogP) is 2.54. The van der Waals surface area contributed by atoms with E-state index >= 15 is 0 Å². The Kier molecular flexibility index (Phi) is 4.12. The number of aliphatic hydroxyl groups is 1. The van der Waals surface area contributed by atoms with Gasteiger partial charge >= 0.3 is 0 Å². The number of hydrogen-bond donors (Lipinski definition) is 1. The molecule has 112 valence electrons. The molecule has 4 nitrogen and oxygen atoms in total. The van der Waals surface area contributed by atoms with Gasteiger partial charge < -0.3 is 14.7 Å². The van der Waals surface area contributed by atoms with E-state index < -0.39 is 5.60 Å². The maximum Gasteiger partial charge on any atom is 0.267 e. The number of carbonyl (C=O) groups excluding carboxylic acids is 1. The number of ether oxygens (including phenoxy) is 1. The third-order valence-electron chi connectivity index (χ3n) is 4.31. The van der Waals surface area contributed by atoms with Crippen LogP contribution in [0.1, 0.15) is 35.3 Å². The Morgan fingerprint density at radius 2 is 2.25 bits per heavy atom. The van der Waals surface area contributed by atoms with Crippen molar-refractivity contribution in [3.05, 3.63) is 15.8 Å². The number of thiophene rings is 1. The minimum atomic E-state index is -0.796. The first-order valence-electron chi connectivity index (χ1n) is 6.95. The quantitative estimate of drug-likeness (QED) is 0.933. The summed E-state index contributed by atoms with van der Waals surface area (Å²) < 4.78 is 5.27. The summed E-state index contributed by atoms with van der Waals surface area (Å²) in [5.41, 5.74) is -0.796. The van der Waals surface area contributed by atoms with Crippen LogP contribution in [-0.4, -0.2) is 41.7 Å². The fourth-order valence-corrected chi connectivity index (χ4v) is 3.80. The highest BCUT2D eigenvalue weighted by atomic mass is 32.1. The van der Waals surface area contributed by atoms with Crippen molar-refractivity contribution in [1.29, 1.82) is 0 Å². The number of rotatable bonds is 3. The highest BCUT2D eigenvalue weighted by molar-refractivity contribution is 7.14. The summed E-state index contributed by atoms with van der Waals surface area (Å²) in [6, 6.07) is 1.88. The highest BCUT2D eigenvalue weighted by Gasteiger charge is 2.46. The molecule has 5 heteroatoms. The fraction of sp³-hybridized carbons (Fsp3) is 0.667. The van der Waals surface area contributed by atoms with Gasteiger partial charge in [0.25, 0.3) is 5.91 Å². The van der Waals surface area contributed by atoms with Crippen molar-refractivity contribution in [3.8, 4) is 5.75 Å². The lowest BCUT2D eigenvalue weighted by Crippen LogP contribution is -2.43. The number of methoxy groups -OCH3 is 1. The molecule has 0 bridgehead atoms. The second-order valence-corrected chi connectivity index (χ2v) is 7.24. The Hall–Kier alpha value is -1.07. The molecule has 20 heavy (non-hydrogen) atoms. The van der Waals surface area contributed by atoms with Gasteiger partial charge in [-0.15, -0.1) is 11.3 Å². The third-order valence-corrected chi connectivity index (χ3v) is 5.33. The normalized spacial score (nSPS) is 26.4. The standard InChI is InChI=1S/C15H23NO3S/c1-9(2)15(18)8-16(7-10(15)3)14(17)13-12(19-5)6-11(4)20-13/h6,9-10,18H,7-8H2,1-5H3/t10-,15-/m0/s1. The molecule has 0 radical (unpaired) electrons. The SMILES string of the molecule is COc1cc(C)sc1C(=O)N1C[C@H](C)[C@@](O)(C(C)C)C1. The van der Waals surface area contributed by atoms with Crippen LogP contribution < -0.4 is 4.74 Å². The molecular weight excluding hydrogens is 274 g/mol. The average molecular weight is 297 g/mol. The summed E-state index contributed by atoms with van der Waals surface area (Å²) in [4.78, 5) is 16.1. The lowest BCUT2D eigenvalue weighted by Gasteiger charge is -2.30. The maximum absolute atomic E-state index is 12.6. The van der Waals surface area contributed by atoms with E-state index in [1.54, 1.807) is 12.0 Å². The van der Waals surface area contributed by atoms with Crippen LogP contribution >= 0.6 is 11.3 Å². The van der Waals surface area contributed by atoms with Gasteiger partial charge in [0.1, 0.15) is 10.6 Å². The van der Waals surface area contributed by atoms with Gasteiger partial charge in [-0.2, -0.15) is 0 Å². The first-order chi connectivity index (χ1) is 9.29. The van der Waals surface area contributed by atoms with Crippen molar-refractivity contribution in [1.82, 2.24) is 4.90 Å². The molecule has 2 atom stereocenters. The molecule has 0 spiro atoms.